The van der Waals surface area contributed by atoms with Gasteiger partial charge in [-0.3, -0.25) is 9.58 Å². The van der Waals surface area contributed by atoms with Crippen molar-refractivity contribution in [3.63, 3.8) is 0 Å². The van der Waals surface area contributed by atoms with Gasteiger partial charge in [0.15, 0.2) is 0 Å². The molecule has 1 saturated heterocycles. The van der Waals surface area contributed by atoms with Crippen LogP contribution in [0.15, 0.2) is 0 Å². The van der Waals surface area contributed by atoms with Crippen LogP contribution in [0.5, 0.6) is 0 Å². The Bertz CT molecular complexity index is 389. The fraction of sp³-hybridized carbons (Fsp3) is 0.786. The summed E-state index contributed by atoms with van der Waals surface area (Å²) < 4.78 is 2.00. The number of nitrogens with one attached hydrogen (secondary N) is 1. The third-order valence-corrected chi connectivity index (χ3v) is 4.24. The second-order valence-corrected chi connectivity index (χ2v) is 5.55. The summed E-state index contributed by atoms with van der Waals surface area (Å²) in [5.41, 5.74) is 3.92. The topological polar surface area (TPSA) is 33.1 Å². The van der Waals surface area contributed by atoms with Gasteiger partial charge in [0.25, 0.3) is 0 Å². The standard InChI is InChI=1S/C14H26N4/c1-11-14(12(2)17(4)16-11)10-18-7-5-13(6-8-18)9-15-3/h13,15H,5-10H2,1-4H3. The van der Waals surface area contributed by atoms with Crippen molar-refractivity contribution in [1.29, 1.82) is 0 Å². The van der Waals surface area contributed by atoms with Crippen LogP contribution in [0.25, 0.3) is 0 Å². The molecule has 2 heterocycles. The van der Waals surface area contributed by atoms with Crippen LogP contribution in [-0.4, -0.2) is 41.4 Å². The Balaban J connectivity index is 1.91. The molecule has 0 saturated carbocycles. The second-order valence-electron chi connectivity index (χ2n) is 5.55. The van der Waals surface area contributed by atoms with Crippen LogP contribution in [0.4, 0.5) is 0 Å². The molecular weight excluding hydrogens is 224 g/mol. The Kier molecular flexibility index (Phi) is 4.40. The molecular formula is C14H26N4. The lowest BCUT2D eigenvalue weighted by Gasteiger charge is -2.31. The molecule has 0 spiro atoms. The van der Waals surface area contributed by atoms with E-state index in [4.69, 9.17) is 0 Å². The minimum Gasteiger partial charge on any atom is -0.319 e. The van der Waals surface area contributed by atoms with E-state index in [9.17, 15) is 0 Å². The number of nitrogens with zero attached hydrogens (tertiary/aromatic N) is 3. The van der Waals surface area contributed by atoms with Gasteiger partial charge in [-0.1, -0.05) is 0 Å². The lowest BCUT2D eigenvalue weighted by molar-refractivity contribution is 0.176. The average molecular weight is 250 g/mol. The molecule has 0 radical (unpaired) electrons. The SMILES string of the molecule is CNCC1CCN(Cc2c(C)nn(C)c2C)CC1. The predicted octanol–water partition coefficient (Wildman–Crippen LogP) is 1.47. The highest BCUT2D eigenvalue weighted by molar-refractivity contribution is 5.24. The summed E-state index contributed by atoms with van der Waals surface area (Å²) in [5.74, 6) is 0.863. The molecule has 0 aromatic carbocycles. The Hall–Kier alpha value is -0.870. The first-order valence-electron chi connectivity index (χ1n) is 6.97. The van der Waals surface area contributed by atoms with Gasteiger partial charge in [-0.2, -0.15) is 5.10 Å². The molecule has 1 fully saturated rings. The number of rotatable bonds is 4. The fourth-order valence-electron chi connectivity index (χ4n) is 2.91. The molecule has 1 aliphatic heterocycles. The van der Waals surface area contributed by atoms with Crippen molar-refractivity contribution in [3.05, 3.63) is 17.0 Å². The van der Waals surface area contributed by atoms with Gasteiger partial charge in [0.2, 0.25) is 0 Å². The van der Waals surface area contributed by atoms with Gasteiger partial charge in [0, 0.05) is 24.8 Å². The lowest BCUT2D eigenvalue weighted by Crippen LogP contribution is -2.36. The molecule has 1 N–H and O–H groups in total. The molecule has 0 aliphatic carbocycles. The van der Waals surface area contributed by atoms with Crippen molar-refractivity contribution in [2.24, 2.45) is 13.0 Å². The zero-order valence-electron chi connectivity index (χ0n) is 12.2. The molecule has 0 amide bonds. The molecule has 2 rings (SSSR count). The summed E-state index contributed by atoms with van der Waals surface area (Å²) in [7, 11) is 4.08. The van der Waals surface area contributed by atoms with E-state index in [2.05, 4.69) is 36.2 Å². The van der Waals surface area contributed by atoms with Gasteiger partial charge in [-0.15, -0.1) is 0 Å². The third-order valence-electron chi connectivity index (χ3n) is 4.24. The molecule has 18 heavy (non-hydrogen) atoms. The molecule has 4 nitrogen and oxygen atoms in total. The summed E-state index contributed by atoms with van der Waals surface area (Å²) in [6, 6.07) is 0. The minimum atomic E-state index is 0.863. The second kappa shape index (κ2) is 5.85. The summed E-state index contributed by atoms with van der Waals surface area (Å²) in [6.07, 6.45) is 2.64. The molecule has 0 atom stereocenters. The molecule has 1 aromatic rings. The molecule has 1 aromatic heterocycles. The van der Waals surface area contributed by atoms with Gasteiger partial charge in [0.05, 0.1) is 5.69 Å². The van der Waals surface area contributed by atoms with Gasteiger partial charge in [0.1, 0.15) is 0 Å². The summed E-state index contributed by atoms with van der Waals surface area (Å²) >= 11 is 0. The highest BCUT2D eigenvalue weighted by Gasteiger charge is 2.20. The first-order valence-corrected chi connectivity index (χ1v) is 6.97. The Labute approximate surface area is 110 Å². The van der Waals surface area contributed by atoms with Crippen LogP contribution in [0.2, 0.25) is 0 Å². The molecule has 102 valence electrons. The van der Waals surface area contributed by atoms with Crippen molar-refractivity contribution in [3.8, 4) is 0 Å². The third kappa shape index (κ3) is 2.93. The van der Waals surface area contributed by atoms with Gasteiger partial charge >= 0.3 is 0 Å². The van der Waals surface area contributed by atoms with E-state index >= 15 is 0 Å². The van der Waals surface area contributed by atoms with E-state index in [1.54, 1.807) is 0 Å². The van der Waals surface area contributed by atoms with Crippen molar-refractivity contribution in [2.45, 2.75) is 33.2 Å². The number of aromatic nitrogens is 2. The van der Waals surface area contributed by atoms with Gasteiger partial charge < -0.3 is 5.32 Å². The number of hydrogen-bond acceptors (Lipinski definition) is 3. The van der Waals surface area contributed by atoms with Crippen molar-refractivity contribution < 1.29 is 0 Å². The quantitative estimate of drug-likeness (QED) is 0.878. The van der Waals surface area contributed by atoms with Crippen LogP contribution in [0, 0.1) is 19.8 Å². The zero-order valence-corrected chi connectivity index (χ0v) is 12.2. The predicted molar refractivity (Wildman–Crippen MR) is 74.6 cm³/mol. The molecule has 0 unspecified atom stereocenters. The number of hydrogen-bond donors (Lipinski definition) is 1. The van der Waals surface area contributed by atoms with E-state index in [0.29, 0.717) is 0 Å². The minimum absolute atomic E-state index is 0.863. The van der Waals surface area contributed by atoms with Crippen LogP contribution in [-0.2, 0) is 13.6 Å². The summed E-state index contributed by atoms with van der Waals surface area (Å²) in [4.78, 5) is 2.57. The summed E-state index contributed by atoms with van der Waals surface area (Å²) in [6.45, 7) is 8.97. The number of aryl methyl sites for hydroxylation is 2. The van der Waals surface area contributed by atoms with E-state index in [1.807, 2.05) is 11.7 Å². The van der Waals surface area contributed by atoms with E-state index < -0.39 is 0 Å². The molecule has 0 bridgehead atoms. The Morgan fingerprint density at radius 2 is 1.94 bits per heavy atom. The van der Waals surface area contributed by atoms with Crippen LogP contribution >= 0.6 is 0 Å². The Morgan fingerprint density at radius 3 is 2.44 bits per heavy atom. The van der Waals surface area contributed by atoms with Crippen molar-refractivity contribution in [1.82, 2.24) is 20.0 Å². The largest absolute Gasteiger partial charge is 0.319 e. The molecule has 1 aliphatic rings. The van der Waals surface area contributed by atoms with Crippen molar-refractivity contribution >= 4 is 0 Å². The number of piperidine rings is 1. The average Bonchev–Trinajstić information content (AvgIpc) is 2.59. The fourth-order valence-corrected chi connectivity index (χ4v) is 2.91. The normalized spacial score (nSPS) is 18.4. The Morgan fingerprint density at radius 1 is 1.28 bits per heavy atom. The zero-order chi connectivity index (χ0) is 13.1. The molecule has 4 heteroatoms. The smallest absolute Gasteiger partial charge is 0.0641 e. The maximum atomic E-state index is 4.50. The number of likely N-dealkylation sites (tertiary alicyclic amines) is 1. The maximum Gasteiger partial charge on any atom is 0.0641 e. The van der Waals surface area contributed by atoms with Gasteiger partial charge in [-0.05, 0) is 59.3 Å². The maximum absolute atomic E-state index is 4.50. The van der Waals surface area contributed by atoms with Crippen LogP contribution in [0.3, 0.4) is 0 Å². The van der Waals surface area contributed by atoms with E-state index in [0.717, 1.165) is 12.5 Å². The highest BCUT2D eigenvalue weighted by atomic mass is 15.3. The van der Waals surface area contributed by atoms with Crippen LogP contribution < -0.4 is 5.32 Å². The van der Waals surface area contributed by atoms with Crippen LogP contribution in [0.1, 0.15) is 29.8 Å². The highest BCUT2D eigenvalue weighted by Crippen LogP contribution is 2.20. The van der Waals surface area contributed by atoms with Gasteiger partial charge in [-0.25, -0.2) is 0 Å². The lowest BCUT2D eigenvalue weighted by atomic mass is 9.96. The monoisotopic (exact) mass is 250 g/mol. The van der Waals surface area contributed by atoms with Crippen molar-refractivity contribution in [2.75, 3.05) is 26.7 Å². The first kappa shape index (κ1) is 13.6. The van der Waals surface area contributed by atoms with E-state index in [1.165, 1.54) is 49.4 Å². The summed E-state index contributed by atoms with van der Waals surface area (Å²) in [5, 5.41) is 7.79. The first-order chi connectivity index (χ1) is 8.61. The van der Waals surface area contributed by atoms with E-state index in [-0.39, 0.29) is 0 Å².